The highest BCUT2D eigenvalue weighted by Crippen LogP contribution is 2.33. The summed E-state index contributed by atoms with van der Waals surface area (Å²) in [6.07, 6.45) is 5.92. The largest absolute Gasteiger partial charge is 0.369 e. The predicted octanol–water partition coefficient (Wildman–Crippen LogP) is 3.84. The second-order valence-corrected chi connectivity index (χ2v) is 6.88. The van der Waals surface area contributed by atoms with Gasteiger partial charge in [0.2, 0.25) is 0 Å². The van der Waals surface area contributed by atoms with Crippen molar-refractivity contribution in [3.8, 4) is 0 Å². The molecule has 0 spiro atoms. The number of aromatic nitrogens is 3. The summed E-state index contributed by atoms with van der Waals surface area (Å²) >= 11 is 3.71. The number of aryl methyl sites for hydroxylation is 1. The Kier molecular flexibility index (Phi) is 4.29. The first kappa shape index (κ1) is 14.6. The molecule has 3 rings (SSSR count). The molecule has 0 aromatic carbocycles. The fraction of sp³-hybridized carbons (Fsp3) is 0.500. The fourth-order valence-electron chi connectivity index (χ4n) is 2.73. The highest BCUT2D eigenvalue weighted by atomic mass is 79.9. The summed E-state index contributed by atoms with van der Waals surface area (Å²) < 4.78 is 3.24. The van der Waals surface area contributed by atoms with Gasteiger partial charge in [-0.25, -0.2) is 4.68 Å². The zero-order valence-electron chi connectivity index (χ0n) is 12.5. The van der Waals surface area contributed by atoms with Gasteiger partial charge in [-0.2, -0.15) is 5.10 Å². The minimum atomic E-state index is 0.449. The van der Waals surface area contributed by atoms with Crippen molar-refractivity contribution in [2.45, 2.75) is 39.2 Å². The van der Waals surface area contributed by atoms with Gasteiger partial charge >= 0.3 is 0 Å². The van der Waals surface area contributed by atoms with Crippen molar-refractivity contribution in [1.82, 2.24) is 14.8 Å². The van der Waals surface area contributed by atoms with E-state index in [0.717, 1.165) is 29.8 Å². The lowest BCUT2D eigenvalue weighted by Gasteiger charge is -2.25. The van der Waals surface area contributed by atoms with E-state index in [2.05, 4.69) is 56.9 Å². The average molecular weight is 349 g/mol. The van der Waals surface area contributed by atoms with Crippen LogP contribution in [0, 0.1) is 5.92 Å². The molecular weight excluding hydrogens is 328 g/mol. The van der Waals surface area contributed by atoms with Crippen LogP contribution in [0.25, 0.3) is 0 Å². The topological polar surface area (TPSA) is 42.7 Å². The molecular formula is C16H21BrN4. The molecule has 0 saturated carbocycles. The van der Waals surface area contributed by atoms with E-state index < -0.39 is 0 Å². The first-order valence-corrected chi connectivity index (χ1v) is 8.33. The van der Waals surface area contributed by atoms with Crippen molar-refractivity contribution in [2.24, 2.45) is 5.92 Å². The molecule has 2 aromatic heterocycles. The molecule has 0 saturated heterocycles. The van der Waals surface area contributed by atoms with E-state index in [1.807, 2.05) is 12.4 Å². The van der Waals surface area contributed by atoms with Crippen LogP contribution in [0.4, 0.5) is 5.82 Å². The molecule has 0 bridgehead atoms. The Hall–Kier alpha value is -1.36. The molecule has 1 N–H and O–H groups in total. The summed E-state index contributed by atoms with van der Waals surface area (Å²) in [7, 11) is 0. The van der Waals surface area contributed by atoms with E-state index in [1.54, 1.807) is 0 Å². The zero-order chi connectivity index (χ0) is 14.8. The maximum absolute atomic E-state index is 4.79. The Morgan fingerprint density at radius 2 is 2.14 bits per heavy atom. The van der Waals surface area contributed by atoms with Crippen molar-refractivity contribution in [3.05, 3.63) is 40.3 Å². The molecule has 1 aliphatic heterocycles. The van der Waals surface area contributed by atoms with Gasteiger partial charge in [0.1, 0.15) is 5.82 Å². The molecule has 0 aliphatic carbocycles. The maximum atomic E-state index is 4.79. The van der Waals surface area contributed by atoms with Gasteiger partial charge in [-0.05, 0) is 52.4 Å². The lowest BCUT2D eigenvalue weighted by atomic mass is 9.99. The highest BCUT2D eigenvalue weighted by molar-refractivity contribution is 9.10. The number of fused-ring (bicyclic) bond motifs is 1. The second-order valence-electron chi connectivity index (χ2n) is 6.08. The SMILES string of the molecule is CC(C)CCc1nn2c(c1Br)NCC(c1ccncc1)C2. The smallest absolute Gasteiger partial charge is 0.139 e. The lowest BCUT2D eigenvalue weighted by molar-refractivity contribution is 0.497. The number of anilines is 1. The first-order chi connectivity index (χ1) is 10.1. The summed E-state index contributed by atoms with van der Waals surface area (Å²) in [6, 6.07) is 4.19. The average Bonchev–Trinajstić information content (AvgIpc) is 2.82. The molecule has 5 heteroatoms. The van der Waals surface area contributed by atoms with Gasteiger partial charge in [-0.1, -0.05) is 13.8 Å². The van der Waals surface area contributed by atoms with E-state index in [4.69, 9.17) is 5.10 Å². The third-order valence-corrected chi connectivity index (χ3v) is 4.84. The second kappa shape index (κ2) is 6.18. The summed E-state index contributed by atoms with van der Waals surface area (Å²) in [5.41, 5.74) is 2.49. The number of pyridine rings is 1. The monoisotopic (exact) mass is 348 g/mol. The quantitative estimate of drug-likeness (QED) is 0.912. The van der Waals surface area contributed by atoms with Crippen LogP contribution in [0.5, 0.6) is 0 Å². The molecule has 1 atom stereocenters. The first-order valence-electron chi connectivity index (χ1n) is 7.54. The Morgan fingerprint density at radius 3 is 2.86 bits per heavy atom. The number of halogens is 1. The van der Waals surface area contributed by atoms with E-state index in [0.29, 0.717) is 11.8 Å². The predicted molar refractivity (Wildman–Crippen MR) is 88.6 cm³/mol. The Bertz CT molecular complexity index is 606. The molecule has 4 nitrogen and oxygen atoms in total. The van der Waals surface area contributed by atoms with Crippen LogP contribution in [0.3, 0.4) is 0 Å². The highest BCUT2D eigenvalue weighted by Gasteiger charge is 2.24. The molecule has 2 aromatic rings. The Balaban J connectivity index is 1.78. The summed E-state index contributed by atoms with van der Waals surface area (Å²) in [6.45, 7) is 6.37. The lowest BCUT2D eigenvalue weighted by Crippen LogP contribution is -2.26. The number of hydrogen-bond donors (Lipinski definition) is 1. The van der Waals surface area contributed by atoms with E-state index in [-0.39, 0.29) is 0 Å². The van der Waals surface area contributed by atoms with E-state index in [1.165, 1.54) is 17.7 Å². The van der Waals surface area contributed by atoms with Crippen LogP contribution in [-0.4, -0.2) is 21.3 Å². The minimum absolute atomic E-state index is 0.449. The van der Waals surface area contributed by atoms with Crippen LogP contribution in [-0.2, 0) is 13.0 Å². The molecule has 0 amide bonds. The molecule has 21 heavy (non-hydrogen) atoms. The number of hydrogen-bond acceptors (Lipinski definition) is 3. The van der Waals surface area contributed by atoms with Gasteiger partial charge in [0, 0.05) is 24.9 Å². The fourth-order valence-corrected chi connectivity index (χ4v) is 3.35. The molecule has 1 aliphatic rings. The molecule has 0 fully saturated rings. The number of rotatable bonds is 4. The van der Waals surface area contributed by atoms with Crippen molar-refractivity contribution >= 4 is 21.7 Å². The van der Waals surface area contributed by atoms with Crippen LogP contribution >= 0.6 is 15.9 Å². The summed E-state index contributed by atoms with van der Waals surface area (Å²) in [4.78, 5) is 4.09. The van der Waals surface area contributed by atoms with Crippen LogP contribution in [0.1, 0.15) is 37.4 Å². The normalized spacial score (nSPS) is 17.6. The Labute approximate surface area is 134 Å². The van der Waals surface area contributed by atoms with Crippen molar-refractivity contribution in [3.63, 3.8) is 0 Å². The van der Waals surface area contributed by atoms with E-state index >= 15 is 0 Å². The maximum Gasteiger partial charge on any atom is 0.139 e. The van der Waals surface area contributed by atoms with Gasteiger partial charge in [-0.15, -0.1) is 0 Å². The van der Waals surface area contributed by atoms with Gasteiger partial charge in [-0.3, -0.25) is 4.98 Å². The molecule has 0 radical (unpaired) electrons. The van der Waals surface area contributed by atoms with Crippen LogP contribution in [0.2, 0.25) is 0 Å². The number of nitrogens with zero attached hydrogens (tertiary/aromatic N) is 3. The Morgan fingerprint density at radius 1 is 1.38 bits per heavy atom. The number of nitrogens with one attached hydrogen (secondary N) is 1. The van der Waals surface area contributed by atoms with E-state index in [9.17, 15) is 0 Å². The van der Waals surface area contributed by atoms with Crippen molar-refractivity contribution in [2.75, 3.05) is 11.9 Å². The van der Waals surface area contributed by atoms with Crippen LogP contribution in [0.15, 0.2) is 29.0 Å². The standard InChI is InChI=1S/C16H21BrN4/c1-11(2)3-4-14-15(17)16-19-9-13(10-21(16)20-14)12-5-7-18-8-6-12/h5-8,11,13,19H,3-4,9-10H2,1-2H3. The minimum Gasteiger partial charge on any atom is -0.369 e. The third-order valence-electron chi connectivity index (χ3n) is 4.01. The van der Waals surface area contributed by atoms with Crippen molar-refractivity contribution < 1.29 is 0 Å². The van der Waals surface area contributed by atoms with Crippen LogP contribution < -0.4 is 5.32 Å². The van der Waals surface area contributed by atoms with Gasteiger partial charge in [0.15, 0.2) is 0 Å². The van der Waals surface area contributed by atoms with Gasteiger partial charge in [0.25, 0.3) is 0 Å². The molecule has 112 valence electrons. The summed E-state index contributed by atoms with van der Waals surface area (Å²) in [5, 5.41) is 8.31. The summed E-state index contributed by atoms with van der Waals surface area (Å²) in [5.74, 6) is 2.28. The van der Waals surface area contributed by atoms with Gasteiger partial charge < -0.3 is 5.32 Å². The zero-order valence-corrected chi connectivity index (χ0v) is 14.1. The third kappa shape index (κ3) is 3.12. The van der Waals surface area contributed by atoms with Gasteiger partial charge in [0.05, 0.1) is 16.7 Å². The molecule has 1 unspecified atom stereocenters. The molecule has 3 heterocycles. The van der Waals surface area contributed by atoms with Crippen molar-refractivity contribution in [1.29, 1.82) is 0 Å².